The van der Waals surface area contributed by atoms with Gasteiger partial charge in [-0.25, -0.2) is 0 Å². The summed E-state index contributed by atoms with van der Waals surface area (Å²) in [6.45, 7) is 4.37. The molecule has 3 heterocycles. The van der Waals surface area contributed by atoms with E-state index in [1.807, 2.05) is 18.2 Å². The van der Waals surface area contributed by atoms with E-state index in [0.717, 1.165) is 50.3 Å². The summed E-state index contributed by atoms with van der Waals surface area (Å²) in [7, 11) is 0. The van der Waals surface area contributed by atoms with Crippen LogP contribution in [0.5, 0.6) is 17.2 Å². The van der Waals surface area contributed by atoms with Crippen molar-refractivity contribution < 1.29 is 24.1 Å². The van der Waals surface area contributed by atoms with Gasteiger partial charge in [0.15, 0.2) is 17.3 Å². The van der Waals surface area contributed by atoms with E-state index in [9.17, 15) is 9.90 Å². The van der Waals surface area contributed by atoms with Gasteiger partial charge in [0.2, 0.25) is 18.0 Å². The molecule has 1 fully saturated rings. The molecule has 1 saturated heterocycles. The number of piperazine rings is 1. The predicted molar refractivity (Wildman–Crippen MR) is 95.7 cm³/mol. The van der Waals surface area contributed by atoms with Gasteiger partial charge in [0.05, 0.1) is 6.54 Å². The van der Waals surface area contributed by atoms with Crippen molar-refractivity contribution in [1.82, 2.24) is 9.80 Å². The zero-order valence-electron chi connectivity index (χ0n) is 14.9. The van der Waals surface area contributed by atoms with Crippen LogP contribution in [0.15, 0.2) is 33.5 Å². The monoisotopic (exact) mass is 374 g/mol. The minimum absolute atomic E-state index is 0.161. The van der Waals surface area contributed by atoms with Crippen molar-refractivity contribution in [1.29, 1.82) is 0 Å². The Morgan fingerprint density at radius 1 is 0.963 bits per heavy atom. The molecule has 8 nitrogen and oxygen atoms in total. The van der Waals surface area contributed by atoms with Crippen LogP contribution in [0.4, 0.5) is 0 Å². The van der Waals surface area contributed by atoms with Gasteiger partial charge < -0.3 is 24.1 Å². The molecule has 2 aliphatic heterocycles. The second-order valence-electron chi connectivity index (χ2n) is 6.75. The summed E-state index contributed by atoms with van der Waals surface area (Å²) in [5.41, 5.74) is 0.647. The van der Waals surface area contributed by atoms with Gasteiger partial charge in [0, 0.05) is 38.8 Å². The summed E-state index contributed by atoms with van der Waals surface area (Å²) in [5.74, 6) is 1.57. The molecule has 0 amide bonds. The minimum Gasteiger partial charge on any atom is -0.502 e. The summed E-state index contributed by atoms with van der Waals surface area (Å²) in [6.07, 6.45) is 0. The first kappa shape index (κ1) is 17.8. The van der Waals surface area contributed by atoms with Gasteiger partial charge in [0.25, 0.3) is 0 Å². The fourth-order valence-electron chi connectivity index (χ4n) is 3.38. The third-order valence-corrected chi connectivity index (χ3v) is 4.88. The molecule has 0 aliphatic carbocycles. The topological polar surface area (TPSA) is 95.6 Å². The van der Waals surface area contributed by atoms with Crippen molar-refractivity contribution in [2.45, 2.75) is 19.7 Å². The Bertz CT molecular complexity index is 873. The standard InChI is InChI=1S/C19H22N2O6/c22-11-14-8-15(23)19(24)18(27-14)10-21-5-3-20(4-6-21)9-13-1-2-16-17(7-13)26-12-25-16/h1-2,7-8,22,24H,3-6,9-12H2. The molecule has 0 saturated carbocycles. The van der Waals surface area contributed by atoms with Crippen molar-refractivity contribution in [3.05, 3.63) is 51.6 Å². The zero-order valence-corrected chi connectivity index (χ0v) is 14.9. The first-order valence-electron chi connectivity index (χ1n) is 8.91. The molecule has 2 N–H and O–H groups in total. The van der Waals surface area contributed by atoms with Crippen LogP contribution in [0.1, 0.15) is 17.1 Å². The van der Waals surface area contributed by atoms with Crippen molar-refractivity contribution in [2.24, 2.45) is 0 Å². The quantitative estimate of drug-likeness (QED) is 0.797. The largest absolute Gasteiger partial charge is 0.502 e. The second kappa shape index (κ2) is 7.59. The van der Waals surface area contributed by atoms with E-state index in [1.54, 1.807) is 0 Å². The molecule has 0 bridgehead atoms. The van der Waals surface area contributed by atoms with Gasteiger partial charge in [-0.2, -0.15) is 0 Å². The molecular formula is C19H22N2O6. The fraction of sp³-hybridized carbons (Fsp3) is 0.421. The molecule has 1 aromatic carbocycles. The second-order valence-corrected chi connectivity index (χ2v) is 6.75. The van der Waals surface area contributed by atoms with Crippen LogP contribution in [-0.4, -0.2) is 53.0 Å². The Balaban J connectivity index is 1.34. The number of nitrogens with zero attached hydrogens (tertiary/aromatic N) is 2. The maximum Gasteiger partial charge on any atom is 0.231 e. The summed E-state index contributed by atoms with van der Waals surface area (Å²) in [6, 6.07) is 7.11. The molecule has 2 aliphatic rings. The summed E-state index contributed by atoms with van der Waals surface area (Å²) >= 11 is 0. The minimum atomic E-state index is -0.526. The molecule has 0 unspecified atom stereocenters. The Hall–Kier alpha value is -2.55. The molecule has 2 aromatic rings. The molecule has 4 rings (SSSR count). The Kier molecular flexibility index (Phi) is 5.02. The average molecular weight is 374 g/mol. The SMILES string of the molecule is O=c1cc(CO)oc(CN2CCN(Cc3ccc4c(c3)OCO4)CC2)c1O. The molecule has 0 radical (unpaired) electrons. The number of benzene rings is 1. The van der Waals surface area contributed by atoms with Crippen LogP contribution in [0.25, 0.3) is 0 Å². The van der Waals surface area contributed by atoms with Crippen LogP contribution in [0.3, 0.4) is 0 Å². The summed E-state index contributed by atoms with van der Waals surface area (Å²) in [4.78, 5) is 16.2. The number of rotatable bonds is 5. The number of aliphatic hydroxyl groups is 1. The number of aliphatic hydroxyl groups excluding tert-OH is 1. The van der Waals surface area contributed by atoms with E-state index in [2.05, 4.69) is 9.80 Å². The van der Waals surface area contributed by atoms with Gasteiger partial charge >= 0.3 is 0 Å². The molecule has 0 atom stereocenters. The first-order chi connectivity index (χ1) is 13.1. The highest BCUT2D eigenvalue weighted by Crippen LogP contribution is 2.32. The van der Waals surface area contributed by atoms with E-state index in [-0.39, 0.29) is 30.7 Å². The summed E-state index contributed by atoms with van der Waals surface area (Å²) in [5, 5.41) is 19.1. The predicted octanol–water partition coefficient (Wildman–Crippen LogP) is 0.884. The van der Waals surface area contributed by atoms with Crippen LogP contribution in [-0.2, 0) is 19.7 Å². The van der Waals surface area contributed by atoms with E-state index in [1.165, 1.54) is 5.56 Å². The molecule has 1 aromatic heterocycles. The van der Waals surface area contributed by atoms with Crippen molar-refractivity contribution in [2.75, 3.05) is 33.0 Å². The Morgan fingerprint density at radius 2 is 1.67 bits per heavy atom. The highest BCUT2D eigenvalue weighted by molar-refractivity contribution is 5.44. The summed E-state index contributed by atoms with van der Waals surface area (Å²) < 4.78 is 16.2. The van der Waals surface area contributed by atoms with Gasteiger partial charge in [-0.1, -0.05) is 6.07 Å². The van der Waals surface area contributed by atoms with Crippen molar-refractivity contribution in [3.8, 4) is 17.2 Å². The van der Waals surface area contributed by atoms with Gasteiger partial charge in [-0.3, -0.25) is 14.6 Å². The van der Waals surface area contributed by atoms with Gasteiger partial charge in [-0.15, -0.1) is 0 Å². The van der Waals surface area contributed by atoms with Crippen molar-refractivity contribution in [3.63, 3.8) is 0 Å². The lowest BCUT2D eigenvalue weighted by Gasteiger charge is -2.34. The van der Waals surface area contributed by atoms with E-state index >= 15 is 0 Å². The van der Waals surface area contributed by atoms with Crippen LogP contribution < -0.4 is 14.9 Å². The number of aromatic hydroxyl groups is 1. The molecule has 8 heteroatoms. The van der Waals surface area contributed by atoms with E-state index < -0.39 is 5.43 Å². The molecule has 27 heavy (non-hydrogen) atoms. The van der Waals surface area contributed by atoms with Crippen LogP contribution >= 0.6 is 0 Å². The fourth-order valence-corrected chi connectivity index (χ4v) is 3.38. The maximum absolute atomic E-state index is 11.7. The number of ether oxygens (including phenoxy) is 2. The molecular weight excluding hydrogens is 352 g/mol. The number of fused-ring (bicyclic) bond motifs is 1. The lowest BCUT2D eigenvalue weighted by Crippen LogP contribution is -2.45. The van der Waals surface area contributed by atoms with Gasteiger partial charge in [-0.05, 0) is 17.7 Å². The average Bonchev–Trinajstić information content (AvgIpc) is 3.14. The van der Waals surface area contributed by atoms with E-state index in [4.69, 9.17) is 19.0 Å². The highest BCUT2D eigenvalue weighted by atomic mass is 16.7. The number of hydrogen-bond donors (Lipinski definition) is 2. The lowest BCUT2D eigenvalue weighted by molar-refractivity contribution is 0.112. The normalized spacial score (nSPS) is 17.4. The van der Waals surface area contributed by atoms with Crippen molar-refractivity contribution >= 4 is 0 Å². The van der Waals surface area contributed by atoms with Crippen LogP contribution in [0, 0.1) is 0 Å². The van der Waals surface area contributed by atoms with E-state index in [0.29, 0.717) is 6.54 Å². The lowest BCUT2D eigenvalue weighted by atomic mass is 10.1. The Labute approximate surface area is 156 Å². The third kappa shape index (κ3) is 3.92. The molecule has 144 valence electrons. The third-order valence-electron chi connectivity index (χ3n) is 4.88. The first-order valence-corrected chi connectivity index (χ1v) is 8.91. The zero-order chi connectivity index (χ0) is 18.8. The Morgan fingerprint density at radius 3 is 2.41 bits per heavy atom. The smallest absolute Gasteiger partial charge is 0.231 e. The highest BCUT2D eigenvalue weighted by Gasteiger charge is 2.21. The van der Waals surface area contributed by atoms with Gasteiger partial charge in [0.1, 0.15) is 12.4 Å². The maximum atomic E-state index is 11.7. The van der Waals surface area contributed by atoms with Crippen LogP contribution in [0.2, 0.25) is 0 Å². The molecule has 0 spiro atoms. The number of hydrogen-bond acceptors (Lipinski definition) is 8.